The minimum Gasteiger partial charge on any atom is -0.324 e. The number of aryl methyl sites for hydroxylation is 2. The van der Waals surface area contributed by atoms with Crippen molar-refractivity contribution in [1.29, 1.82) is 5.26 Å². The van der Waals surface area contributed by atoms with Gasteiger partial charge in [-0.3, -0.25) is 9.59 Å². The molecule has 24 heavy (non-hydrogen) atoms. The number of amides is 2. The molecule has 5 nitrogen and oxygen atoms in total. The number of hydrogen-bond donors (Lipinski definition) is 2. The Kier molecular flexibility index (Phi) is 6.09. The van der Waals surface area contributed by atoms with Crippen LogP contribution in [0.15, 0.2) is 48.5 Å². The third-order valence-electron chi connectivity index (χ3n) is 3.44. The van der Waals surface area contributed by atoms with Gasteiger partial charge in [0.15, 0.2) is 0 Å². The van der Waals surface area contributed by atoms with Gasteiger partial charge in [0.2, 0.25) is 11.8 Å². The maximum Gasteiger partial charge on any atom is 0.238 e. The first kappa shape index (κ1) is 17.2. The number of rotatable bonds is 6. The zero-order chi connectivity index (χ0) is 17.4. The third-order valence-corrected chi connectivity index (χ3v) is 3.44. The number of nitriles is 1. The van der Waals surface area contributed by atoms with Gasteiger partial charge in [0, 0.05) is 6.42 Å². The van der Waals surface area contributed by atoms with Crippen molar-refractivity contribution in [2.45, 2.75) is 26.2 Å². The van der Waals surface area contributed by atoms with Gasteiger partial charge in [-0.1, -0.05) is 42.0 Å². The van der Waals surface area contributed by atoms with Crippen molar-refractivity contribution in [3.8, 4) is 6.07 Å². The van der Waals surface area contributed by atoms with Crippen LogP contribution in [0.1, 0.15) is 24.0 Å². The molecule has 2 aromatic carbocycles. The minimum atomic E-state index is -0.404. The molecule has 0 aliphatic heterocycles. The van der Waals surface area contributed by atoms with Gasteiger partial charge in [0.05, 0.1) is 17.4 Å². The van der Waals surface area contributed by atoms with Gasteiger partial charge in [-0.25, -0.2) is 0 Å². The molecule has 0 atom stereocenters. The minimum absolute atomic E-state index is 0.126. The normalized spacial score (nSPS) is 9.83. The summed E-state index contributed by atoms with van der Waals surface area (Å²) in [5.74, 6) is -0.530. The van der Waals surface area contributed by atoms with Crippen molar-refractivity contribution >= 4 is 23.2 Å². The van der Waals surface area contributed by atoms with Crippen LogP contribution in [0.3, 0.4) is 0 Å². The highest BCUT2D eigenvalue weighted by Gasteiger charge is 2.09. The van der Waals surface area contributed by atoms with E-state index in [1.807, 2.05) is 25.1 Å². The molecule has 0 aromatic heterocycles. The van der Waals surface area contributed by atoms with Crippen molar-refractivity contribution in [3.63, 3.8) is 0 Å². The monoisotopic (exact) mass is 321 g/mol. The second-order valence-corrected chi connectivity index (χ2v) is 5.47. The number of carbonyl (C=O) groups is 2. The lowest BCUT2D eigenvalue weighted by molar-refractivity contribution is -0.116. The number of benzene rings is 2. The molecule has 0 aliphatic rings. The number of para-hydroxylation sites is 2. The van der Waals surface area contributed by atoms with Crippen LogP contribution in [0.5, 0.6) is 0 Å². The van der Waals surface area contributed by atoms with E-state index in [4.69, 9.17) is 5.26 Å². The van der Waals surface area contributed by atoms with Gasteiger partial charge < -0.3 is 10.6 Å². The Hall–Kier alpha value is -3.13. The molecule has 122 valence electrons. The standard InChI is InChI=1S/C19H19N3O2/c1-14-5-4-6-15(13-14)9-10-18(23)21-16-7-2-3-8-17(16)22-19(24)11-12-20/h2-8,13H,9-11H2,1H3,(H,21,23)(H,22,24). The van der Waals surface area contributed by atoms with Crippen LogP contribution in [-0.4, -0.2) is 11.8 Å². The molecule has 0 unspecified atom stereocenters. The predicted octanol–water partition coefficient (Wildman–Crippen LogP) is 3.42. The predicted molar refractivity (Wildman–Crippen MR) is 93.4 cm³/mol. The Morgan fingerprint density at radius 2 is 1.67 bits per heavy atom. The van der Waals surface area contributed by atoms with Crippen LogP contribution in [0.4, 0.5) is 11.4 Å². The van der Waals surface area contributed by atoms with Crippen molar-refractivity contribution in [1.82, 2.24) is 0 Å². The van der Waals surface area contributed by atoms with Crippen LogP contribution < -0.4 is 10.6 Å². The molecule has 0 bridgehead atoms. The van der Waals surface area contributed by atoms with Gasteiger partial charge in [-0.15, -0.1) is 0 Å². The zero-order valence-electron chi connectivity index (χ0n) is 13.5. The number of hydrogen-bond acceptors (Lipinski definition) is 3. The molecule has 0 spiro atoms. The largest absolute Gasteiger partial charge is 0.324 e. The molecule has 2 rings (SSSR count). The highest BCUT2D eigenvalue weighted by molar-refractivity contribution is 6.00. The Morgan fingerprint density at radius 3 is 2.29 bits per heavy atom. The van der Waals surface area contributed by atoms with Crippen LogP contribution in [0.25, 0.3) is 0 Å². The topological polar surface area (TPSA) is 82.0 Å². The second kappa shape index (κ2) is 8.49. The van der Waals surface area contributed by atoms with E-state index in [0.717, 1.165) is 5.56 Å². The Labute approximate surface area is 141 Å². The quantitative estimate of drug-likeness (QED) is 0.855. The van der Waals surface area contributed by atoms with Crippen LogP contribution >= 0.6 is 0 Å². The van der Waals surface area contributed by atoms with Crippen LogP contribution in [-0.2, 0) is 16.0 Å². The SMILES string of the molecule is Cc1cccc(CCC(=O)Nc2ccccc2NC(=O)CC#N)c1. The summed E-state index contributed by atoms with van der Waals surface area (Å²) in [6.45, 7) is 2.02. The maximum absolute atomic E-state index is 12.2. The Bertz CT molecular complexity index is 778. The Balaban J connectivity index is 1.96. The van der Waals surface area contributed by atoms with Gasteiger partial charge in [0.25, 0.3) is 0 Å². The van der Waals surface area contributed by atoms with Gasteiger partial charge in [0.1, 0.15) is 6.42 Å². The zero-order valence-corrected chi connectivity index (χ0v) is 13.5. The second-order valence-electron chi connectivity index (χ2n) is 5.47. The fraction of sp³-hybridized carbons (Fsp3) is 0.211. The highest BCUT2D eigenvalue weighted by Crippen LogP contribution is 2.21. The first-order chi connectivity index (χ1) is 11.6. The van der Waals surface area contributed by atoms with Crippen molar-refractivity contribution in [2.24, 2.45) is 0 Å². The maximum atomic E-state index is 12.2. The summed E-state index contributed by atoms with van der Waals surface area (Å²) in [7, 11) is 0. The molecule has 5 heteroatoms. The summed E-state index contributed by atoms with van der Waals surface area (Å²) >= 11 is 0. The lowest BCUT2D eigenvalue weighted by Crippen LogP contribution is -2.16. The van der Waals surface area contributed by atoms with Crippen LogP contribution in [0.2, 0.25) is 0 Å². The van der Waals surface area contributed by atoms with Gasteiger partial charge >= 0.3 is 0 Å². The van der Waals surface area contributed by atoms with E-state index in [1.54, 1.807) is 30.3 Å². The van der Waals surface area contributed by atoms with Gasteiger partial charge in [-0.05, 0) is 31.0 Å². The average Bonchev–Trinajstić information content (AvgIpc) is 2.55. The van der Waals surface area contributed by atoms with E-state index >= 15 is 0 Å². The summed E-state index contributed by atoms with van der Waals surface area (Å²) in [5.41, 5.74) is 3.29. The number of carbonyl (C=O) groups excluding carboxylic acids is 2. The molecule has 0 saturated carbocycles. The fourth-order valence-corrected chi connectivity index (χ4v) is 2.31. The molecule has 0 fully saturated rings. The highest BCUT2D eigenvalue weighted by atomic mass is 16.2. The lowest BCUT2D eigenvalue weighted by atomic mass is 10.1. The fourth-order valence-electron chi connectivity index (χ4n) is 2.31. The smallest absolute Gasteiger partial charge is 0.238 e. The van der Waals surface area contributed by atoms with E-state index in [1.165, 1.54) is 5.56 Å². The van der Waals surface area contributed by atoms with E-state index in [2.05, 4.69) is 16.7 Å². The molecule has 0 aliphatic carbocycles. The van der Waals surface area contributed by atoms with E-state index < -0.39 is 5.91 Å². The van der Waals surface area contributed by atoms with Gasteiger partial charge in [-0.2, -0.15) is 5.26 Å². The molecule has 2 N–H and O–H groups in total. The molecule has 2 aromatic rings. The number of anilines is 2. The lowest BCUT2D eigenvalue weighted by Gasteiger charge is -2.11. The summed E-state index contributed by atoms with van der Waals surface area (Å²) in [5, 5.41) is 14.0. The molecule has 0 saturated heterocycles. The van der Waals surface area contributed by atoms with E-state index in [-0.39, 0.29) is 12.3 Å². The summed E-state index contributed by atoms with van der Waals surface area (Å²) < 4.78 is 0. The number of nitrogens with zero attached hydrogens (tertiary/aromatic N) is 1. The summed E-state index contributed by atoms with van der Waals surface area (Å²) in [6.07, 6.45) is 0.774. The summed E-state index contributed by atoms with van der Waals surface area (Å²) in [6, 6.07) is 16.8. The molecule has 2 amide bonds. The summed E-state index contributed by atoms with van der Waals surface area (Å²) in [4.78, 5) is 23.7. The molecular weight excluding hydrogens is 302 g/mol. The Morgan fingerprint density at radius 1 is 1.00 bits per heavy atom. The first-order valence-electron chi connectivity index (χ1n) is 7.69. The van der Waals surface area contributed by atoms with Crippen molar-refractivity contribution < 1.29 is 9.59 Å². The van der Waals surface area contributed by atoms with E-state index in [0.29, 0.717) is 24.2 Å². The average molecular weight is 321 g/mol. The molecule has 0 radical (unpaired) electrons. The molecular formula is C19H19N3O2. The van der Waals surface area contributed by atoms with Crippen molar-refractivity contribution in [2.75, 3.05) is 10.6 Å². The van der Waals surface area contributed by atoms with Crippen molar-refractivity contribution in [3.05, 3.63) is 59.7 Å². The van der Waals surface area contributed by atoms with E-state index in [9.17, 15) is 9.59 Å². The number of nitrogens with one attached hydrogen (secondary N) is 2. The third kappa shape index (κ3) is 5.25. The molecule has 0 heterocycles. The van der Waals surface area contributed by atoms with Crippen LogP contribution in [0, 0.1) is 18.3 Å². The first-order valence-corrected chi connectivity index (χ1v) is 7.69.